The van der Waals surface area contributed by atoms with Gasteiger partial charge in [0.25, 0.3) is 0 Å². The molecule has 0 saturated heterocycles. The zero-order valence-corrected chi connectivity index (χ0v) is 10.2. The Morgan fingerprint density at radius 3 is 2.07 bits per heavy atom. The van der Waals surface area contributed by atoms with Crippen molar-refractivity contribution in [3.05, 3.63) is 0 Å². The zero-order valence-electron chi connectivity index (χ0n) is 10.2. The van der Waals surface area contributed by atoms with Crippen LogP contribution in [0.4, 0.5) is 8.78 Å². The second kappa shape index (κ2) is 5.54. The highest BCUT2D eigenvalue weighted by Gasteiger charge is 2.38. The predicted octanol–water partition coefficient (Wildman–Crippen LogP) is 2.78. The summed E-state index contributed by atoms with van der Waals surface area (Å²) in [5, 5.41) is 0. The van der Waals surface area contributed by atoms with Crippen LogP contribution in [0.25, 0.3) is 0 Å². The molecule has 0 rings (SSSR count). The lowest BCUT2D eigenvalue weighted by atomic mass is 10.1. The molecule has 15 heavy (non-hydrogen) atoms. The molecule has 0 aliphatic carbocycles. The first kappa shape index (κ1) is 14.5. The summed E-state index contributed by atoms with van der Waals surface area (Å²) in [5.41, 5.74) is 0. The Hall–Kier alpha value is -0.510. The van der Waals surface area contributed by atoms with Gasteiger partial charge in [0.05, 0.1) is 6.54 Å². The molecule has 0 aliphatic rings. The third-order valence-electron chi connectivity index (χ3n) is 2.25. The topological polar surface area (TPSA) is 20.3 Å². The summed E-state index contributed by atoms with van der Waals surface area (Å²) in [6.45, 7) is 6.52. The first-order valence-electron chi connectivity index (χ1n) is 5.28. The van der Waals surface area contributed by atoms with E-state index in [1.165, 1.54) is 20.9 Å². The van der Waals surface area contributed by atoms with E-state index in [1.807, 2.05) is 13.8 Å². The van der Waals surface area contributed by atoms with Crippen molar-refractivity contribution in [3.63, 3.8) is 0 Å². The minimum Gasteiger partial charge on any atom is -0.298 e. The normalized spacial score (nSPS) is 12.9. The molecule has 0 aromatic rings. The van der Waals surface area contributed by atoms with Gasteiger partial charge in [-0.1, -0.05) is 27.7 Å². The number of likely N-dealkylation sites (N-methyl/N-ethyl adjacent to an activating group) is 1. The van der Waals surface area contributed by atoms with Gasteiger partial charge < -0.3 is 0 Å². The maximum Gasteiger partial charge on any atom is 0.307 e. The Labute approximate surface area is 90.6 Å². The van der Waals surface area contributed by atoms with Gasteiger partial charge in [-0.2, -0.15) is 8.78 Å². The molecule has 0 aromatic heterocycles. The van der Waals surface area contributed by atoms with Crippen LogP contribution in [-0.2, 0) is 4.79 Å². The highest BCUT2D eigenvalue weighted by molar-refractivity contribution is 5.80. The van der Waals surface area contributed by atoms with Gasteiger partial charge in [0, 0.05) is 12.3 Å². The number of ketones is 1. The number of hydrogen-bond donors (Lipinski definition) is 0. The third-order valence-corrected chi connectivity index (χ3v) is 2.25. The molecule has 0 bridgehead atoms. The average Bonchev–Trinajstić information content (AvgIpc) is 2.01. The van der Waals surface area contributed by atoms with Crippen LogP contribution < -0.4 is 0 Å². The van der Waals surface area contributed by atoms with Crippen LogP contribution >= 0.6 is 0 Å². The standard InChI is InChI=1S/C11H21F2NO/c1-8(2)6-10(15)7-14(5)11(12,13)9(3)4/h8-9H,6-7H2,1-5H3. The van der Waals surface area contributed by atoms with Crippen molar-refractivity contribution in [3.8, 4) is 0 Å². The number of nitrogens with zero attached hydrogens (tertiary/aromatic N) is 1. The van der Waals surface area contributed by atoms with Gasteiger partial charge in [0.1, 0.15) is 5.78 Å². The van der Waals surface area contributed by atoms with E-state index in [0.717, 1.165) is 4.90 Å². The second-order valence-corrected chi connectivity index (χ2v) is 4.74. The quantitative estimate of drug-likeness (QED) is 0.643. The van der Waals surface area contributed by atoms with Crippen molar-refractivity contribution in [2.45, 2.75) is 40.2 Å². The van der Waals surface area contributed by atoms with Gasteiger partial charge in [-0.25, -0.2) is 4.90 Å². The van der Waals surface area contributed by atoms with Crippen molar-refractivity contribution in [2.24, 2.45) is 11.8 Å². The summed E-state index contributed by atoms with van der Waals surface area (Å²) >= 11 is 0. The molecule has 0 aliphatic heterocycles. The Kier molecular flexibility index (Phi) is 5.35. The van der Waals surface area contributed by atoms with Crippen LogP contribution in [-0.4, -0.2) is 30.3 Å². The highest BCUT2D eigenvalue weighted by Crippen LogP contribution is 2.27. The molecule has 2 nitrogen and oxygen atoms in total. The molecular weight excluding hydrogens is 200 g/mol. The summed E-state index contributed by atoms with van der Waals surface area (Å²) in [5.74, 6) is -0.694. The summed E-state index contributed by atoms with van der Waals surface area (Å²) in [7, 11) is 1.29. The average molecular weight is 221 g/mol. The SMILES string of the molecule is CC(C)CC(=O)CN(C)C(F)(F)C(C)C. The van der Waals surface area contributed by atoms with Crippen LogP contribution in [0.15, 0.2) is 0 Å². The first-order valence-corrected chi connectivity index (χ1v) is 5.28. The maximum atomic E-state index is 13.4. The number of alkyl halides is 2. The van der Waals surface area contributed by atoms with Crippen LogP contribution in [0.5, 0.6) is 0 Å². The Balaban J connectivity index is 4.24. The molecule has 0 saturated carbocycles. The van der Waals surface area contributed by atoms with Crippen LogP contribution in [0, 0.1) is 11.8 Å². The monoisotopic (exact) mass is 221 g/mol. The summed E-state index contributed by atoms with van der Waals surface area (Å²) < 4.78 is 26.8. The molecule has 0 unspecified atom stereocenters. The number of carbonyl (C=O) groups is 1. The van der Waals surface area contributed by atoms with E-state index >= 15 is 0 Å². The summed E-state index contributed by atoms with van der Waals surface area (Å²) in [6.07, 6.45) is 0.360. The van der Waals surface area contributed by atoms with E-state index in [4.69, 9.17) is 0 Å². The number of hydrogen-bond acceptors (Lipinski definition) is 2. The van der Waals surface area contributed by atoms with Crippen molar-refractivity contribution in [1.29, 1.82) is 0 Å². The van der Waals surface area contributed by atoms with E-state index in [0.29, 0.717) is 6.42 Å². The highest BCUT2D eigenvalue weighted by atomic mass is 19.3. The molecule has 0 amide bonds. The van der Waals surface area contributed by atoms with Crippen molar-refractivity contribution < 1.29 is 13.6 Å². The minimum absolute atomic E-state index is 0.132. The molecule has 0 aromatic carbocycles. The van der Waals surface area contributed by atoms with Crippen LogP contribution in [0.1, 0.15) is 34.1 Å². The minimum atomic E-state index is -2.91. The van der Waals surface area contributed by atoms with Gasteiger partial charge >= 0.3 is 6.05 Å². The number of carbonyl (C=O) groups excluding carboxylic acids is 1. The molecule has 4 heteroatoms. The van der Waals surface area contributed by atoms with Gasteiger partial charge in [-0.15, -0.1) is 0 Å². The van der Waals surface area contributed by atoms with Gasteiger partial charge in [-0.3, -0.25) is 4.79 Å². The van der Waals surface area contributed by atoms with Gasteiger partial charge in [0.2, 0.25) is 0 Å². The molecule has 0 atom stereocenters. The first-order chi connectivity index (χ1) is 6.67. The number of rotatable bonds is 6. The molecule has 0 heterocycles. The molecule has 0 radical (unpaired) electrons. The lowest BCUT2D eigenvalue weighted by Gasteiger charge is -2.30. The second-order valence-electron chi connectivity index (χ2n) is 4.74. The maximum absolute atomic E-state index is 13.4. The smallest absolute Gasteiger partial charge is 0.298 e. The Bertz CT molecular complexity index is 215. The lowest BCUT2D eigenvalue weighted by molar-refractivity contribution is -0.171. The molecule has 0 fully saturated rings. The third kappa shape index (κ3) is 4.69. The fraction of sp³-hybridized carbons (Fsp3) is 0.909. The zero-order chi connectivity index (χ0) is 12.2. The molecule has 0 N–H and O–H groups in total. The van der Waals surface area contributed by atoms with Crippen molar-refractivity contribution >= 4 is 5.78 Å². The predicted molar refractivity (Wildman–Crippen MR) is 56.9 cm³/mol. The van der Waals surface area contributed by atoms with E-state index in [9.17, 15) is 13.6 Å². The van der Waals surface area contributed by atoms with E-state index in [1.54, 1.807) is 0 Å². The Morgan fingerprint density at radius 1 is 1.27 bits per heavy atom. The lowest BCUT2D eigenvalue weighted by Crippen LogP contribution is -2.45. The van der Waals surface area contributed by atoms with E-state index in [2.05, 4.69) is 0 Å². The fourth-order valence-corrected chi connectivity index (χ4v) is 1.33. The van der Waals surface area contributed by atoms with Crippen molar-refractivity contribution in [2.75, 3.05) is 13.6 Å². The summed E-state index contributed by atoms with van der Waals surface area (Å²) in [6, 6.07) is -2.91. The molecule has 0 spiro atoms. The van der Waals surface area contributed by atoms with E-state index in [-0.39, 0.29) is 18.2 Å². The molecular formula is C11H21F2NO. The molecule has 90 valence electrons. The van der Waals surface area contributed by atoms with Gasteiger partial charge in [0.15, 0.2) is 0 Å². The van der Waals surface area contributed by atoms with Crippen molar-refractivity contribution in [1.82, 2.24) is 4.90 Å². The Morgan fingerprint density at radius 2 is 1.73 bits per heavy atom. The van der Waals surface area contributed by atoms with E-state index < -0.39 is 12.0 Å². The van der Waals surface area contributed by atoms with Crippen LogP contribution in [0.2, 0.25) is 0 Å². The fourth-order valence-electron chi connectivity index (χ4n) is 1.33. The number of halogens is 2. The van der Waals surface area contributed by atoms with Gasteiger partial charge in [-0.05, 0) is 13.0 Å². The van der Waals surface area contributed by atoms with Crippen LogP contribution in [0.3, 0.4) is 0 Å². The largest absolute Gasteiger partial charge is 0.307 e. The summed E-state index contributed by atoms with van der Waals surface area (Å²) in [4.78, 5) is 12.2. The number of Topliss-reactive ketones (excluding diaryl/α,β-unsaturated/α-hetero) is 1.